The summed E-state index contributed by atoms with van der Waals surface area (Å²) in [6, 6.07) is 34.0. The summed E-state index contributed by atoms with van der Waals surface area (Å²) in [5.41, 5.74) is 7.74. The van der Waals surface area contributed by atoms with Crippen LogP contribution in [0.4, 0.5) is 0 Å². The maximum atomic E-state index is 14.1. The molecule has 2 aliphatic rings. The highest BCUT2D eigenvalue weighted by Gasteiger charge is 2.36. The summed E-state index contributed by atoms with van der Waals surface area (Å²) in [6.45, 7) is 1.42. The van der Waals surface area contributed by atoms with Gasteiger partial charge in [0.15, 0.2) is 17.6 Å². The molecule has 3 heterocycles. The first-order chi connectivity index (χ1) is 28.6. The number of nitriles is 1. The van der Waals surface area contributed by atoms with Gasteiger partial charge >= 0.3 is 5.97 Å². The molecule has 0 aliphatic carbocycles. The number of amides is 1. The van der Waals surface area contributed by atoms with Crippen molar-refractivity contribution < 1.29 is 28.9 Å². The van der Waals surface area contributed by atoms with Crippen LogP contribution < -0.4 is 19.5 Å². The van der Waals surface area contributed by atoms with Gasteiger partial charge in [0.2, 0.25) is 5.91 Å². The largest absolute Gasteiger partial charge is 0.489 e. The monoisotopic (exact) mass is 827 g/mol. The van der Waals surface area contributed by atoms with Crippen molar-refractivity contribution in [1.82, 2.24) is 20.0 Å². The molecule has 2 aliphatic heterocycles. The number of rotatable bonds is 12. The van der Waals surface area contributed by atoms with Crippen molar-refractivity contribution in [1.29, 1.82) is 5.26 Å². The van der Waals surface area contributed by atoms with Crippen molar-refractivity contribution in [2.75, 3.05) is 6.61 Å². The molecule has 3 atom stereocenters. The van der Waals surface area contributed by atoms with Crippen LogP contribution in [-0.2, 0) is 49.2 Å². The second kappa shape index (κ2) is 17.3. The Labute approximate surface area is 351 Å². The molecule has 6 aromatic rings. The zero-order valence-corrected chi connectivity index (χ0v) is 33.5. The molecule has 59 heavy (non-hydrogen) atoms. The number of carboxylic acid groups (broad SMARTS) is 1. The number of fused-ring (bicyclic) bond motifs is 2. The van der Waals surface area contributed by atoms with Crippen LogP contribution in [0.2, 0.25) is 10.0 Å². The number of carbonyl (C=O) groups excluding carboxylic acids is 1. The molecule has 0 radical (unpaired) electrons. The Balaban J connectivity index is 0.955. The van der Waals surface area contributed by atoms with Crippen LogP contribution in [0, 0.1) is 11.3 Å². The molecule has 0 saturated carbocycles. The molecule has 1 amide bonds. The van der Waals surface area contributed by atoms with E-state index < -0.39 is 18.1 Å². The lowest BCUT2D eigenvalue weighted by Crippen LogP contribution is -2.54. The van der Waals surface area contributed by atoms with Crippen LogP contribution in [0.15, 0.2) is 115 Å². The number of nitrogens with zero attached hydrogens (tertiary/aromatic N) is 4. The van der Waals surface area contributed by atoms with Gasteiger partial charge in [-0.2, -0.15) is 10.4 Å². The quantitative estimate of drug-likeness (QED) is 0.125. The van der Waals surface area contributed by atoms with E-state index in [1.165, 1.54) is 0 Å². The summed E-state index contributed by atoms with van der Waals surface area (Å²) in [7, 11) is 1.84. The van der Waals surface area contributed by atoms with E-state index >= 15 is 0 Å². The normalized spacial score (nSPS) is 16.4. The SMILES string of the molecule is Cn1ccc(CN2Cc3cc4c(cc3C[C@H]2C(=O)N[C@@H](Cc2ccc(-c3ccc(C#N)cc3)cc2)C(=O)O)OCC(c2ccc(OCc3ccc(Cl)c(Cl)c3)cc2)O4)n1. The minimum absolute atomic E-state index is 0.104. The van der Waals surface area contributed by atoms with E-state index in [0.717, 1.165) is 44.6 Å². The molecule has 5 aromatic carbocycles. The number of hydrogen-bond donors (Lipinski definition) is 2. The van der Waals surface area contributed by atoms with Crippen molar-refractivity contribution in [3.8, 4) is 34.4 Å². The van der Waals surface area contributed by atoms with Gasteiger partial charge in [-0.25, -0.2) is 4.79 Å². The molecule has 0 fully saturated rings. The van der Waals surface area contributed by atoms with Crippen LogP contribution in [0.5, 0.6) is 17.2 Å². The average Bonchev–Trinajstić information content (AvgIpc) is 3.66. The third-order valence-corrected chi connectivity index (χ3v) is 11.3. The Kier molecular flexibility index (Phi) is 11.6. The Bertz CT molecular complexity index is 2540. The second-order valence-electron chi connectivity index (χ2n) is 14.7. The van der Waals surface area contributed by atoms with Crippen LogP contribution in [0.25, 0.3) is 11.1 Å². The highest BCUT2D eigenvalue weighted by molar-refractivity contribution is 6.42. The van der Waals surface area contributed by atoms with Crippen molar-refractivity contribution in [3.05, 3.63) is 165 Å². The third-order valence-electron chi connectivity index (χ3n) is 10.6. The first-order valence-corrected chi connectivity index (χ1v) is 19.8. The van der Waals surface area contributed by atoms with Gasteiger partial charge < -0.3 is 24.6 Å². The summed E-state index contributed by atoms with van der Waals surface area (Å²) in [4.78, 5) is 28.7. The van der Waals surface area contributed by atoms with Gasteiger partial charge in [0.1, 0.15) is 25.0 Å². The lowest BCUT2D eigenvalue weighted by Gasteiger charge is -2.37. The van der Waals surface area contributed by atoms with Crippen molar-refractivity contribution in [3.63, 3.8) is 0 Å². The number of aliphatic carboxylic acids is 1. The molecule has 1 aromatic heterocycles. The lowest BCUT2D eigenvalue weighted by molar-refractivity contribution is -0.142. The predicted octanol–water partition coefficient (Wildman–Crippen LogP) is 8.10. The van der Waals surface area contributed by atoms with E-state index in [-0.39, 0.29) is 18.4 Å². The van der Waals surface area contributed by atoms with Gasteiger partial charge in [-0.1, -0.05) is 77.8 Å². The molecule has 1 unspecified atom stereocenters. The molecule has 0 saturated heterocycles. The van der Waals surface area contributed by atoms with Crippen LogP contribution in [0.1, 0.15) is 45.2 Å². The number of benzene rings is 5. The molecule has 11 nitrogen and oxygen atoms in total. The summed E-state index contributed by atoms with van der Waals surface area (Å²) in [5.74, 6) is 0.389. The second-order valence-corrected chi connectivity index (χ2v) is 15.5. The number of aromatic nitrogens is 2. The molecule has 298 valence electrons. The number of nitrogens with one attached hydrogen (secondary N) is 1. The maximum absolute atomic E-state index is 14.1. The number of ether oxygens (including phenoxy) is 3. The molecule has 13 heteroatoms. The number of hydrogen-bond acceptors (Lipinski definition) is 8. The fourth-order valence-electron chi connectivity index (χ4n) is 7.40. The van der Waals surface area contributed by atoms with Crippen LogP contribution in [-0.4, -0.2) is 50.4 Å². The van der Waals surface area contributed by atoms with Gasteiger partial charge in [0.05, 0.1) is 33.4 Å². The van der Waals surface area contributed by atoms with E-state index in [4.69, 9.17) is 42.7 Å². The van der Waals surface area contributed by atoms with E-state index in [2.05, 4.69) is 16.5 Å². The number of carboxylic acids is 1. The van der Waals surface area contributed by atoms with E-state index in [0.29, 0.717) is 65.6 Å². The Morgan fingerprint density at radius 2 is 1.63 bits per heavy atom. The van der Waals surface area contributed by atoms with Gasteiger partial charge in [0, 0.05) is 32.8 Å². The fraction of sp³-hybridized carbons (Fsp3) is 0.217. The van der Waals surface area contributed by atoms with E-state index in [9.17, 15) is 14.7 Å². The zero-order chi connectivity index (χ0) is 41.0. The summed E-state index contributed by atoms with van der Waals surface area (Å²) in [6.07, 6.45) is 1.94. The first-order valence-electron chi connectivity index (χ1n) is 19.1. The van der Waals surface area contributed by atoms with Crippen molar-refractivity contribution >= 4 is 35.1 Å². The van der Waals surface area contributed by atoms with Crippen molar-refractivity contribution in [2.24, 2.45) is 7.05 Å². The van der Waals surface area contributed by atoms with Gasteiger partial charge in [-0.05, 0) is 100.0 Å². The number of aryl methyl sites for hydroxylation is 1. The zero-order valence-electron chi connectivity index (χ0n) is 32.0. The lowest BCUT2D eigenvalue weighted by atomic mass is 9.92. The van der Waals surface area contributed by atoms with E-state index in [1.54, 1.807) is 28.9 Å². The first kappa shape index (κ1) is 39.5. The average molecular weight is 829 g/mol. The van der Waals surface area contributed by atoms with Gasteiger partial charge in [0.25, 0.3) is 0 Å². The third kappa shape index (κ3) is 9.21. The summed E-state index contributed by atoms with van der Waals surface area (Å²) < 4.78 is 20.4. The predicted molar refractivity (Wildman–Crippen MR) is 222 cm³/mol. The number of halogens is 2. The molecule has 0 bridgehead atoms. The van der Waals surface area contributed by atoms with E-state index in [1.807, 2.05) is 103 Å². The highest BCUT2D eigenvalue weighted by atomic mass is 35.5. The topological polar surface area (TPSA) is 139 Å². The van der Waals surface area contributed by atoms with Gasteiger partial charge in [-0.3, -0.25) is 14.4 Å². The molecule has 2 N–H and O–H groups in total. The Morgan fingerprint density at radius 1 is 0.915 bits per heavy atom. The molecule has 0 spiro atoms. The Morgan fingerprint density at radius 3 is 2.31 bits per heavy atom. The fourth-order valence-corrected chi connectivity index (χ4v) is 7.72. The summed E-state index contributed by atoms with van der Waals surface area (Å²) >= 11 is 12.2. The smallest absolute Gasteiger partial charge is 0.326 e. The minimum Gasteiger partial charge on any atom is -0.489 e. The maximum Gasteiger partial charge on any atom is 0.326 e. The molecule has 8 rings (SSSR count). The standard InChI is InChI=1S/C46H39Cl2N5O6/c1-52-17-16-36(51-52)25-53-24-35-22-43-42(58-27-44(59-43)33-11-13-37(14-12-33)57-26-30-6-15-38(47)39(48)18-30)21-34(35)20-41(53)45(54)50-40(46(55)56)19-28-2-7-31(8-3-28)32-9-4-29(23-49)5-10-32/h2-18,21-22,40-41,44H,19-20,24-27H2,1H3,(H,50,54)(H,55,56)/t40-,41-,44?/m0/s1. The van der Waals surface area contributed by atoms with Crippen molar-refractivity contribution in [2.45, 2.75) is 50.7 Å². The summed E-state index contributed by atoms with van der Waals surface area (Å²) in [5, 5.41) is 27.7. The van der Waals surface area contributed by atoms with Gasteiger partial charge in [-0.15, -0.1) is 0 Å². The molecular formula is C46H39Cl2N5O6. The van der Waals surface area contributed by atoms with Crippen LogP contribution >= 0.6 is 23.2 Å². The Hall–Kier alpha value is -6.32. The van der Waals surface area contributed by atoms with Crippen LogP contribution in [0.3, 0.4) is 0 Å². The molecular weight excluding hydrogens is 789 g/mol. The minimum atomic E-state index is -1.15. The highest BCUT2D eigenvalue weighted by Crippen LogP contribution is 2.41. The number of carbonyl (C=O) groups is 2.